The van der Waals surface area contributed by atoms with Crippen LogP contribution in [0.3, 0.4) is 0 Å². The highest BCUT2D eigenvalue weighted by molar-refractivity contribution is 5.75. The van der Waals surface area contributed by atoms with Crippen LogP contribution in [-0.4, -0.2) is 56.4 Å². The first-order valence-corrected chi connectivity index (χ1v) is 12.7. The molecule has 8 heteroatoms. The fraction of sp³-hybridized carbons (Fsp3) is 0.357. The molecule has 2 aromatic heterocycles. The molecule has 1 aliphatic rings. The highest BCUT2D eigenvalue weighted by Crippen LogP contribution is 2.21. The third-order valence-corrected chi connectivity index (χ3v) is 6.90. The number of hydrogen-bond acceptors (Lipinski definition) is 5. The average molecular weight is 485 g/mol. The van der Waals surface area contributed by atoms with Gasteiger partial charge in [0.05, 0.1) is 5.69 Å². The Hall–Kier alpha value is -3.78. The summed E-state index contributed by atoms with van der Waals surface area (Å²) in [7, 11) is 0. The summed E-state index contributed by atoms with van der Waals surface area (Å²) in [5.41, 5.74) is 3.11. The molecular formula is C28H32N6O2. The number of amides is 1. The van der Waals surface area contributed by atoms with Gasteiger partial charge in [-0.15, -0.1) is 0 Å². The molecule has 3 heterocycles. The van der Waals surface area contributed by atoms with Gasteiger partial charge in [0, 0.05) is 12.1 Å². The maximum Gasteiger partial charge on any atom is 0.293 e. The molecule has 0 saturated carbocycles. The van der Waals surface area contributed by atoms with Crippen molar-refractivity contribution in [3.63, 3.8) is 0 Å². The number of hydrogen-bond donors (Lipinski definition) is 1. The molecule has 0 radical (unpaired) electrons. The molecule has 36 heavy (non-hydrogen) atoms. The van der Waals surface area contributed by atoms with E-state index in [2.05, 4.69) is 50.7 Å². The average Bonchev–Trinajstić information content (AvgIpc) is 3.36. The molecule has 0 spiro atoms. The minimum Gasteiger partial charge on any atom is -0.354 e. The van der Waals surface area contributed by atoms with Gasteiger partial charge in [-0.2, -0.15) is 10.2 Å². The quantitative estimate of drug-likeness (QED) is 0.369. The second kappa shape index (κ2) is 11.3. The molecule has 0 unspecified atom stereocenters. The molecule has 8 nitrogen and oxygen atoms in total. The van der Waals surface area contributed by atoms with Crippen LogP contribution in [0.1, 0.15) is 24.8 Å². The minimum atomic E-state index is -0.333. The molecule has 2 aromatic carbocycles. The molecule has 0 aliphatic carbocycles. The molecule has 4 aromatic rings. The Balaban J connectivity index is 1.06. The van der Waals surface area contributed by atoms with Crippen molar-refractivity contribution in [3.05, 3.63) is 89.0 Å². The van der Waals surface area contributed by atoms with E-state index in [1.54, 1.807) is 6.07 Å². The van der Waals surface area contributed by atoms with Crippen molar-refractivity contribution in [2.45, 2.75) is 32.2 Å². The molecule has 186 valence electrons. The number of carbonyl (C=O) groups excluding carboxylic acids is 1. The van der Waals surface area contributed by atoms with E-state index in [0.717, 1.165) is 44.0 Å². The summed E-state index contributed by atoms with van der Waals surface area (Å²) in [5, 5.41) is 11.5. The van der Waals surface area contributed by atoms with Gasteiger partial charge in [0.25, 0.3) is 5.56 Å². The molecule has 5 rings (SSSR count). The Morgan fingerprint density at radius 2 is 1.72 bits per heavy atom. The van der Waals surface area contributed by atoms with Crippen LogP contribution in [0.15, 0.2) is 77.9 Å². The summed E-state index contributed by atoms with van der Waals surface area (Å²) in [6, 6.07) is 22.1. The van der Waals surface area contributed by atoms with Crippen molar-refractivity contribution >= 4 is 11.4 Å². The van der Waals surface area contributed by atoms with Crippen LogP contribution in [0.4, 0.5) is 0 Å². The number of nitrogens with zero attached hydrogens (tertiary/aromatic N) is 5. The van der Waals surface area contributed by atoms with E-state index >= 15 is 0 Å². The van der Waals surface area contributed by atoms with Gasteiger partial charge in [-0.25, -0.2) is 9.20 Å². The van der Waals surface area contributed by atoms with Crippen LogP contribution < -0.4 is 10.9 Å². The number of fused-ring (bicyclic) bond motifs is 1. The number of carbonyl (C=O) groups is 1. The minimum absolute atomic E-state index is 0.105. The summed E-state index contributed by atoms with van der Waals surface area (Å²) in [6.07, 6.45) is 5.96. The van der Waals surface area contributed by atoms with E-state index < -0.39 is 0 Å². The largest absolute Gasteiger partial charge is 0.354 e. The normalized spacial score (nSPS) is 14.8. The maximum atomic E-state index is 12.8. The summed E-state index contributed by atoms with van der Waals surface area (Å²) < 4.78 is 2.65. The smallest absolute Gasteiger partial charge is 0.293 e. The summed E-state index contributed by atoms with van der Waals surface area (Å²) in [4.78, 5) is 27.8. The summed E-state index contributed by atoms with van der Waals surface area (Å²) in [6.45, 7) is 3.68. The molecule has 0 atom stereocenters. The number of likely N-dealkylation sites (tertiary alicyclic amines) is 1. The summed E-state index contributed by atoms with van der Waals surface area (Å²) in [5.74, 6) is 0.546. The third kappa shape index (κ3) is 5.88. The molecule has 1 fully saturated rings. The lowest BCUT2D eigenvalue weighted by atomic mass is 9.90. The highest BCUT2D eigenvalue weighted by atomic mass is 16.2. The number of rotatable bonds is 9. The van der Waals surface area contributed by atoms with E-state index in [1.165, 1.54) is 33.9 Å². The van der Waals surface area contributed by atoms with Gasteiger partial charge in [-0.05, 0) is 62.9 Å². The van der Waals surface area contributed by atoms with Gasteiger partial charge in [0.15, 0.2) is 0 Å². The van der Waals surface area contributed by atoms with E-state index in [1.807, 2.05) is 30.3 Å². The van der Waals surface area contributed by atoms with Crippen molar-refractivity contribution in [1.82, 2.24) is 29.6 Å². The number of benzene rings is 2. The fourth-order valence-electron chi connectivity index (χ4n) is 4.88. The zero-order valence-corrected chi connectivity index (χ0v) is 20.4. The summed E-state index contributed by atoms with van der Waals surface area (Å²) >= 11 is 0. The van der Waals surface area contributed by atoms with Crippen molar-refractivity contribution < 1.29 is 4.79 Å². The van der Waals surface area contributed by atoms with Crippen molar-refractivity contribution in [1.29, 1.82) is 0 Å². The van der Waals surface area contributed by atoms with Gasteiger partial charge in [0.1, 0.15) is 18.4 Å². The first-order valence-electron chi connectivity index (χ1n) is 12.7. The standard InChI is InChI=1S/C28H32N6O2/c35-27(29-14-7-15-32-16-12-23(13-17-32)18-22-8-3-1-4-9-22)20-33-28(36)26-19-25(31-34(26)21-30-33)24-10-5-2-6-11-24/h1-6,8-11,19,21,23H,7,12-18,20H2,(H,29,35). The van der Waals surface area contributed by atoms with E-state index in [9.17, 15) is 9.59 Å². The predicted octanol–water partition coefficient (Wildman–Crippen LogP) is 3.02. The van der Waals surface area contributed by atoms with Crippen molar-refractivity contribution in [2.24, 2.45) is 5.92 Å². The van der Waals surface area contributed by atoms with E-state index in [-0.39, 0.29) is 18.0 Å². The number of nitrogens with one attached hydrogen (secondary N) is 1. The molecule has 1 N–H and O–H groups in total. The lowest BCUT2D eigenvalue weighted by Crippen LogP contribution is -2.38. The Labute approximate surface area is 210 Å². The van der Waals surface area contributed by atoms with Crippen LogP contribution in [-0.2, 0) is 17.8 Å². The van der Waals surface area contributed by atoms with Crippen LogP contribution in [0.2, 0.25) is 0 Å². The molecular weight excluding hydrogens is 452 g/mol. The van der Waals surface area contributed by atoms with Crippen LogP contribution >= 0.6 is 0 Å². The number of aromatic nitrogens is 4. The first-order chi connectivity index (χ1) is 17.7. The van der Waals surface area contributed by atoms with Crippen LogP contribution in [0.5, 0.6) is 0 Å². The second-order valence-corrected chi connectivity index (χ2v) is 9.50. The monoisotopic (exact) mass is 484 g/mol. The van der Waals surface area contributed by atoms with Gasteiger partial charge in [-0.3, -0.25) is 9.59 Å². The predicted molar refractivity (Wildman–Crippen MR) is 140 cm³/mol. The van der Waals surface area contributed by atoms with Gasteiger partial charge in [-0.1, -0.05) is 60.7 Å². The van der Waals surface area contributed by atoms with Crippen molar-refractivity contribution in [3.8, 4) is 11.3 Å². The topological polar surface area (TPSA) is 84.5 Å². The Morgan fingerprint density at radius 1 is 1.00 bits per heavy atom. The maximum absolute atomic E-state index is 12.8. The molecule has 1 amide bonds. The first kappa shape index (κ1) is 23.9. The molecule has 1 aliphatic heterocycles. The second-order valence-electron chi connectivity index (χ2n) is 9.50. The van der Waals surface area contributed by atoms with Crippen LogP contribution in [0, 0.1) is 5.92 Å². The van der Waals surface area contributed by atoms with Gasteiger partial charge < -0.3 is 10.2 Å². The Morgan fingerprint density at radius 3 is 2.47 bits per heavy atom. The highest BCUT2D eigenvalue weighted by Gasteiger charge is 2.19. The Bertz CT molecular complexity index is 1340. The van der Waals surface area contributed by atoms with Crippen molar-refractivity contribution in [2.75, 3.05) is 26.2 Å². The van der Waals surface area contributed by atoms with E-state index in [4.69, 9.17) is 0 Å². The van der Waals surface area contributed by atoms with E-state index in [0.29, 0.717) is 17.8 Å². The zero-order chi connectivity index (χ0) is 24.7. The zero-order valence-electron chi connectivity index (χ0n) is 20.4. The van der Waals surface area contributed by atoms with Gasteiger partial charge >= 0.3 is 0 Å². The number of piperidine rings is 1. The SMILES string of the molecule is O=C(Cn1ncn2nc(-c3ccccc3)cc2c1=O)NCCCN1CCC(Cc2ccccc2)CC1. The molecule has 0 bridgehead atoms. The third-order valence-electron chi connectivity index (χ3n) is 6.90. The lowest BCUT2D eigenvalue weighted by molar-refractivity contribution is -0.121. The fourth-order valence-corrected chi connectivity index (χ4v) is 4.88. The van der Waals surface area contributed by atoms with Gasteiger partial charge in [0.2, 0.25) is 5.91 Å². The van der Waals surface area contributed by atoms with Crippen LogP contribution in [0.25, 0.3) is 16.8 Å². The lowest BCUT2D eigenvalue weighted by Gasteiger charge is -2.32. The molecule has 1 saturated heterocycles. The Kier molecular flexibility index (Phi) is 7.52.